The minimum Gasteiger partial charge on any atom is -0.399 e. The van der Waals surface area contributed by atoms with Crippen LogP contribution in [0.15, 0.2) is 29.3 Å². The predicted octanol–water partition coefficient (Wildman–Crippen LogP) is 1.00. The van der Waals surface area contributed by atoms with Crippen LogP contribution in [0.5, 0.6) is 0 Å². The molecule has 0 radical (unpaired) electrons. The van der Waals surface area contributed by atoms with Gasteiger partial charge in [-0.05, 0) is 18.2 Å². The van der Waals surface area contributed by atoms with Gasteiger partial charge in [0.25, 0.3) is 0 Å². The average molecular weight is 239 g/mol. The Hall–Kier alpha value is -1.53. The van der Waals surface area contributed by atoms with Crippen LogP contribution < -0.4 is 5.73 Å². The number of hydrogen-bond donors (Lipinski definition) is 2. The summed E-state index contributed by atoms with van der Waals surface area (Å²) in [7, 11) is -0.429. The molecular weight excluding hydrogens is 226 g/mol. The van der Waals surface area contributed by atoms with Gasteiger partial charge in [0, 0.05) is 36.9 Å². The van der Waals surface area contributed by atoms with Crippen molar-refractivity contribution in [3.63, 3.8) is 0 Å². The molecule has 3 N–H and O–H groups in total. The maximum atomic E-state index is 12.0. The normalized spacial score (nSPS) is 12.4. The second-order valence-electron chi connectivity index (χ2n) is 3.75. The van der Waals surface area contributed by atoms with Crippen molar-refractivity contribution >= 4 is 26.6 Å². The highest BCUT2D eigenvalue weighted by Crippen LogP contribution is 2.26. The third kappa shape index (κ3) is 1.56. The van der Waals surface area contributed by atoms with Crippen LogP contribution in [-0.4, -0.2) is 31.8 Å². The maximum Gasteiger partial charge on any atom is 0.244 e. The molecule has 6 heteroatoms. The summed E-state index contributed by atoms with van der Waals surface area (Å²) in [5.41, 5.74) is 6.95. The van der Waals surface area contributed by atoms with E-state index in [0.717, 1.165) is 5.52 Å². The SMILES string of the molecule is CN(C)S(=O)(=O)c1c[nH]c2ccc(N)cc12. The van der Waals surface area contributed by atoms with Gasteiger partial charge < -0.3 is 10.7 Å². The van der Waals surface area contributed by atoms with Crippen molar-refractivity contribution in [2.24, 2.45) is 0 Å². The van der Waals surface area contributed by atoms with Crippen molar-refractivity contribution in [1.82, 2.24) is 9.29 Å². The Morgan fingerprint density at radius 1 is 1.31 bits per heavy atom. The van der Waals surface area contributed by atoms with Gasteiger partial charge in [-0.1, -0.05) is 0 Å². The Kier molecular flexibility index (Phi) is 2.40. The van der Waals surface area contributed by atoms with Crippen LogP contribution in [0.25, 0.3) is 10.9 Å². The molecule has 0 spiro atoms. The molecule has 16 heavy (non-hydrogen) atoms. The van der Waals surface area contributed by atoms with Gasteiger partial charge in [-0.15, -0.1) is 0 Å². The van der Waals surface area contributed by atoms with E-state index in [1.807, 2.05) is 0 Å². The standard InChI is InChI=1S/C10H13N3O2S/c1-13(2)16(14,15)10-6-12-9-4-3-7(11)5-8(9)10/h3-6,12H,11H2,1-2H3. The molecule has 0 bridgehead atoms. The van der Waals surface area contributed by atoms with Crippen LogP contribution in [0.1, 0.15) is 0 Å². The number of fused-ring (bicyclic) bond motifs is 1. The van der Waals surface area contributed by atoms with Crippen LogP contribution in [0.4, 0.5) is 5.69 Å². The number of aromatic amines is 1. The van der Waals surface area contributed by atoms with E-state index in [0.29, 0.717) is 11.1 Å². The number of aromatic nitrogens is 1. The summed E-state index contributed by atoms with van der Waals surface area (Å²) in [4.78, 5) is 3.16. The lowest BCUT2D eigenvalue weighted by Gasteiger charge is -2.09. The minimum absolute atomic E-state index is 0.250. The first-order valence-electron chi connectivity index (χ1n) is 4.72. The van der Waals surface area contributed by atoms with Gasteiger partial charge in [0.05, 0.1) is 0 Å². The number of rotatable bonds is 2. The molecule has 0 saturated heterocycles. The summed E-state index contributed by atoms with van der Waals surface area (Å²) in [6.45, 7) is 0. The number of sulfonamides is 1. The summed E-state index contributed by atoms with van der Waals surface area (Å²) >= 11 is 0. The van der Waals surface area contributed by atoms with Gasteiger partial charge in [0.1, 0.15) is 4.90 Å². The van der Waals surface area contributed by atoms with E-state index in [1.54, 1.807) is 18.2 Å². The van der Waals surface area contributed by atoms with E-state index in [4.69, 9.17) is 5.73 Å². The molecule has 0 fully saturated rings. The summed E-state index contributed by atoms with van der Waals surface area (Å²) in [5, 5.41) is 0.619. The van der Waals surface area contributed by atoms with Gasteiger partial charge >= 0.3 is 0 Å². The topological polar surface area (TPSA) is 79.2 Å². The fourth-order valence-electron chi connectivity index (χ4n) is 1.52. The second-order valence-corrected chi connectivity index (χ2v) is 5.87. The highest BCUT2D eigenvalue weighted by Gasteiger charge is 2.21. The van der Waals surface area contributed by atoms with Crippen molar-refractivity contribution in [3.05, 3.63) is 24.4 Å². The molecule has 2 rings (SSSR count). The van der Waals surface area contributed by atoms with E-state index in [-0.39, 0.29) is 4.90 Å². The Bertz CT molecular complexity index is 629. The lowest BCUT2D eigenvalue weighted by atomic mass is 10.2. The molecule has 0 aliphatic rings. The molecule has 86 valence electrons. The molecule has 2 aromatic rings. The number of hydrogen-bond acceptors (Lipinski definition) is 3. The molecule has 1 aromatic heterocycles. The number of benzene rings is 1. The van der Waals surface area contributed by atoms with Crippen molar-refractivity contribution in [3.8, 4) is 0 Å². The van der Waals surface area contributed by atoms with Gasteiger partial charge in [0.15, 0.2) is 0 Å². The molecule has 0 amide bonds. The number of nitrogens with one attached hydrogen (secondary N) is 1. The van der Waals surface area contributed by atoms with Crippen LogP contribution in [0, 0.1) is 0 Å². The molecule has 0 aliphatic heterocycles. The third-order valence-electron chi connectivity index (χ3n) is 2.43. The summed E-state index contributed by atoms with van der Waals surface area (Å²) in [5.74, 6) is 0. The van der Waals surface area contributed by atoms with Gasteiger partial charge in [0.2, 0.25) is 10.0 Å². The fraction of sp³-hybridized carbons (Fsp3) is 0.200. The summed E-state index contributed by atoms with van der Waals surface area (Å²) in [6, 6.07) is 5.15. The van der Waals surface area contributed by atoms with Crippen LogP contribution >= 0.6 is 0 Å². The fourth-order valence-corrected chi connectivity index (χ4v) is 2.57. The predicted molar refractivity (Wildman–Crippen MR) is 63.6 cm³/mol. The van der Waals surface area contributed by atoms with E-state index in [9.17, 15) is 8.42 Å². The molecule has 0 saturated carbocycles. The van der Waals surface area contributed by atoms with Crippen molar-refractivity contribution in [1.29, 1.82) is 0 Å². The average Bonchev–Trinajstić information content (AvgIpc) is 2.60. The van der Waals surface area contributed by atoms with Gasteiger partial charge in [-0.2, -0.15) is 0 Å². The Labute approximate surface area is 93.9 Å². The zero-order valence-electron chi connectivity index (χ0n) is 9.06. The maximum absolute atomic E-state index is 12.0. The van der Waals surface area contributed by atoms with E-state index in [1.165, 1.54) is 24.6 Å². The second kappa shape index (κ2) is 3.50. The van der Waals surface area contributed by atoms with Crippen LogP contribution in [-0.2, 0) is 10.0 Å². The molecule has 5 nitrogen and oxygen atoms in total. The Balaban J connectivity index is 2.76. The summed E-state index contributed by atoms with van der Waals surface area (Å²) in [6.07, 6.45) is 1.49. The van der Waals surface area contributed by atoms with E-state index in [2.05, 4.69) is 4.98 Å². The zero-order chi connectivity index (χ0) is 11.9. The molecule has 1 heterocycles. The van der Waals surface area contributed by atoms with Crippen molar-refractivity contribution in [2.45, 2.75) is 4.90 Å². The van der Waals surface area contributed by atoms with Gasteiger partial charge in [-0.25, -0.2) is 12.7 Å². The first kappa shape index (κ1) is 11.0. The Morgan fingerprint density at radius 2 is 2.00 bits per heavy atom. The molecule has 0 aliphatic carbocycles. The van der Waals surface area contributed by atoms with Gasteiger partial charge in [-0.3, -0.25) is 0 Å². The van der Waals surface area contributed by atoms with E-state index < -0.39 is 10.0 Å². The Morgan fingerprint density at radius 3 is 2.62 bits per heavy atom. The van der Waals surface area contributed by atoms with Crippen LogP contribution in [0.2, 0.25) is 0 Å². The number of anilines is 1. The molecule has 0 atom stereocenters. The number of H-pyrrole nitrogens is 1. The highest BCUT2D eigenvalue weighted by atomic mass is 32.2. The lowest BCUT2D eigenvalue weighted by molar-refractivity contribution is 0.521. The zero-order valence-corrected chi connectivity index (χ0v) is 9.88. The molecular formula is C10H13N3O2S. The quantitative estimate of drug-likeness (QED) is 0.767. The first-order chi connectivity index (χ1) is 7.43. The third-order valence-corrected chi connectivity index (χ3v) is 4.28. The van der Waals surface area contributed by atoms with E-state index >= 15 is 0 Å². The monoisotopic (exact) mass is 239 g/mol. The van der Waals surface area contributed by atoms with Crippen molar-refractivity contribution in [2.75, 3.05) is 19.8 Å². The molecule has 1 aromatic carbocycles. The van der Waals surface area contributed by atoms with Crippen molar-refractivity contribution < 1.29 is 8.42 Å². The highest BCUT2D eigenvalue weighted by molar-refractivity contribution is 7.89. The largest absolute Gasteiger partial charge is 0.399 e. The molecule has 0 unspecified atom stereocenters. The first-order valence-corrected chi connectivity index (χ1v) is 6.16. The summed E-state index contributed by atoms with van der Waals surface area (Å²) < 4.78 is 25.1. The number of nitrogen functional groups attached to an aromatic ring is 1. The number of nitrogens with two attached hydrogens (primary N) is 1. The smallest absolute Gasteiger partial charge is 0.244 e. The minimum atomic E-state index is -3.43. The number of nitrogens with zero attached hydrogens (tertiary/aromatic N) is 1. The lowest BCUT2D eigenvalue weighted by Crippen LogP contribution is -2.21. The van der Waals surface area contributed by atoms with Crippen LogP contribution in [0.3, 0.4) is 0 Å².